The summed E-state index contributed by atoms with van der Waals surface area (Å²) in [4.78, 5) is 42.7. The van der Waals surface area contributed by atoms with Crippen LogP contribution in [0, 0.1) is 18.3 Å². The van der Waals surface area contributed by atoms with Crippen LogP contribution in [0.1, 0.15) is 130 Å². The topological polar surface area (TPSA) is 87.7 Å². The Morgan fingerprint density at radius 2 is 1.56 bits per heavy atom. The maximum Gasteiger partial charge on any atom is 0.408 e. The van der Waals surface area contributed by atoms with Crippen molar-refractivity contribution >= 4 is 17.9 Å². The maximum atomic E-state index is 14.4. The summed E-state index contributed by atoms with van der Waals surface area (Å²) >= 11 is 0. The van der Waals surface area contributed by atoms with Crippen LogP contribution >= 0.6 is 0 Å². The van der Waals surface area contributed by atoms with Crippen LogP contribution in [-0.4, -0.2) is 47.5 Å². The second kappa shape index (κ2) is 19.2. The summed E-state index contributed by atoms with van der Waals surface area (Å²) in [6.07, 6.45) is 14.7. The number of terminal acetylenes is 1. The number of ether oxygens (including phenoxy) is 1. The van der Waals surface area contributed by atoms with Gasteiger partial charge in [-0.15, -0.1) is 6.42 Å². The van der Waals surface area contributed by atoms with E-state index in [1.54, 1.807) is 31.7 Å². The molecule has 0 aliphatic carbocycles. The first-order valence-corrected chi connectivity index (χ1v) is 15.6. The highest BCUT2D eigenvalue weighted by Gasteiger charge is 2.37. The number of alkyl carbamates (subject to hydrolysis) is 1. The Balaban J connectivity index is 3.49. The molecular formula is C34H55N3O4. The van der Waals surface area contributed by atoms with Gasteiger partial charge in [0.1, 0.15) is 17.7 Å². The van der Waals surface area contributed by atoms with Crippen LogP contribution in [0.25, 0.3) is 0 Å². The van der Waals surface area contributed by atoms with Crippen LogP contribution in [0.4, 0.5) is 4.79 Å². The van der Waals surface area contributed by atoms with Gasteiger partial charge in [-0.1, -0.05) is 96.8 Å². The van der Waals surface area contributed by atoms with E-state index >= 15 is 0 Å². The van der Waals surface area contributed by atoms with Gasteiger partial charge in [0.2, 0.25) is 11.8 Å². The zero-order chi connectivity index (χ0) is 30.8. The molecule has 0 fully saturated rings. The molecule has 1 aromatic rings. The van der Waals surface area contributed by atoms with Gasteiger partial charge in [-0.25, -0.2) is 4.79 Å². The van der Waals surface area contributed by atoms with E-state index in [9.17, 15) is 14.4 Å². The number of carbonyl (C=O) groups is 3. The van der Waals surface area contributed by atoms with Gasteiger partial charge < -0.3 is 20.3 Å². The molecule has 230 valence electrons. The van der Waals surface area contributed by atoms with Crippen molar-refractivity contribution < 1.29 is 19.1 Å². The summed E-state index contributed by atoms with van der Waals surface area (Å²) in [6.45, 7) is 14.5. The highest BCUT2D eigenvalue weighted by atomic mass is 16.6. The number of carbonyl (C=O) groups excluding carboxylic acids is 3. The van der Waals surface area contributed by atoms with Gasteiger partial charge in [0, 0.05) is 18.7 Å². The summed E-state index contributed by atoms with van der Waals surface area (Å²) in [5.41, 5.74) is 0.478. The first-order chi connectivity index (χ1) is 19.4. The van der Waals surface area contributed by atoms with Crippen molar-refractivity contribution in [3.8, 4) is 12.3 Å². The molecule has 2 N–H and O–H groups in total. The van der Waals surface area contributed by atoms with Crippen molar-refractivity contribution in [3.05, 3.63) is 35.4 Å². The third-order valence-electron chi connectivity index (χ3n) is 6.78. The molecule has 0 heterocycles. The highest BCUT2D eigenvalue weighted by Crippen LogP contribution is 2.27. The smallest absolute Gasteiger partial charge is 0.408 e. The minimum Gasteiger partial charge on any atom is -0.444 e. The molecule has 0 saturated carbocycles. The third kappa shape index (κ3) is 13.9. The van der Waals surface area contributed by atoms with Gasteiger partial charge in [-0.3, -0.25) is 9.59 Å². The van der Waals surface area contributed by atoms with Gasteiger partial charge in [0.15, 0.2) is 0 Å². The van der Waals surface area contributed by atoms with Crippen LogP contribution in [0.15, 0.2) is 24.3 Å². The van der Waals surface area contributed by atoms with E-state index in [0.717, 1.165) is 51.4 Å². The fraction of sp³-hybridized carbons (Fsp3) is 0.676. The summed E-state index contributed by atoms with van der Waals surface area (Å²) in [5.74, 6) is 2.26. The predicted molar refractivity (Wildman–Crippen MR) is 167 cm³/mol. The normalized spacial score (nSPS) is 12.8. The molecule has 7 heteroatoms. The summed E-state index contributed by atoms with van der Waals surface area (Å²) in [6, 6.07) is 5.53. The van der Waals surface area contributed by atoms with E-state index in [1.807, 2.05) is 32.0 Å². The van der Waals surface area contributed by atoms with Crippen molar-refractivity contribution in [2.45, 2.75) is 130 Å². The monoisotopic (exact) mass is 569 g/mol. The van der Waals surface area contributed by atoms with Gasteiger partial charge in [0.05, 0.1) is 0 Å². The quantitative estimate of drug-likeness (QED) is 0.145. The molecule has 0 spiro atoms. The van der Waals surface area contributed by atoms with E-state index in [0.29, 0.717) is 30.6 Å². The number of amides is 3. The van der Waals surface area contributed by atoms with Crippen molar-refractivity contribution in [1.82, 2.24) is 15.5 Å². The Morgan fingerprint density at radius 3 is 2.17 bits per heavy atom. The van der Waals surface area contributed by atoms with Crippen molar-refractivity contribution in [3.63, 3.8) is 0 Å². The average molecular weight is 570 g/mol. The molecule has 0 bridgehead atoms. The minimum absolute atomic E-state index is 0.120. The Hall–Kier alpha value is -3.01. The van der Waals surface area contributed by atoms with Crippen LogP contribution in [0.5, 0.6) is 0 Å². The Morgan fingerprint density at radius 1 is 0.951 bits per heavy atom. The SMILES string of the molecule is C#Cc1ccccc1C(C(=O)NCCCCC)N(CCCCCCCC)C(=O)C(CC(C)C)NC(=O)OC(C)(C)C. The largest absolute Gasteiger partial charge is 0.444 e. The van der Waals surface area contributed by atoms with Crippen LogP contribution in [0.3, 0.4) is 0 Å². The van der Waals surface area contributed by atoms with E-state index in [1.165, 1.54) is 6.42 Å². The second-order valence-corrected chi connectivity index (χ2v) is 12.3. The highest BCUT2D eigenvalue weighted by molar-refractivity contribution is 5.92. The number of nitrogens with one attached hydrogen (secondary N) is 2. The standard InChI is InChI=1S/C34H55N3O4/c1-9-12-14-15-16-20-24-37(32(39)29(25-26(4)5)36-33(40)41-34(6,7)8)30(31(38)35-23-19-13-10-2)28-22-18-17-21-27(28)11-3/h3,17-18,21-22,26,29-30H,9-10,12-16,19-20,23-25H2,1-2,4-8H3,(H,35,38)(H,36,40). The summed E-state index contributed by atoms with van der Waals surface area (Å²) in [7, 11) is 0. The molecule has 1 rings (SSSR count). The molecule has 7 nitrogen and oxygen atoms in total. The van der Waals surface area contributed by atoms with Crippen molar-refractivity contribution in [1.29, 1.82) is 0 Å². The van der Waals surface area contributed by atoms with Crippen LogP contribution in [0.2, 0.25) is 0 Å². The Bertz CT molecular complexity index is 977. The molecule has 0 aliphatic heterocycles. The molecule has 2 atom stereocenters. The maximum absolute atomic E-state index is 14.4. The van der Waals surface area contributed by atoms with Crippen LogP contribution in [-0.2, 0) is 14.3 Å². The predicted octanol–water partition coefficient (Wildman–Crippen LogP) is 7.14. The number of unbranched alkanes of at least 4 members (excludes halogenated alkanes) is 7. The number of hydrogen-bond acceptors (Lipinski definition) is 4. The van der Waals surface area contributed by atoms with E-state index in [2.05, 4.69) is 30.4 Å². The lowest BCUT2D eigenvalue weighted by atomic mass is 9.95. The molecule has 41 heavy (non-hydrogen) atoms. The molecule has 0 saturated heterocycles. The number of benzene rings is 1. The lowest BCUT2D eigenvalue weighted by molar-refractivity contribution is -0.143. The van der Waals surface area contributed by atoms with Gasteiger partial charge in [0.25, 0.3) is 0 Å². The Kier molecular flexibility index (Phi) is 16.8. The lowest BCUT2D eigenvalue weighted by Crippen LogP contribution is -2.53. The fourth-order valence-corrected chi connectivity index (χ4v) is 4.77. The second-order valence-electron chi connectivity index (χ2n) is 12.3. The Labute approximate surface area is 249 Å². The van der Waals surface area contributed by atoms with Gasteiger partial charge >= 0.3 is 6.09 Å². The third-order valence-corrected chi connectivity index (χ3v) is 6.78. The van der Waals surface area contributed by atoms with E-state index in [-0.39, 0.29) is 17.7 Å². The average Bonchev–Trinajstić information content (AvgIpc) is 2.90. The number of rotatable bonds is 18. The van der Waals surface area contributed by atoms with E-state index < -0.39 is 23.8 Å². The van der Waals surface area contributed by atoms with E-state index in [4.69, 9.17) is 11.2 Å². The molecule has 2 unspecified atom stereocenters. The number of nitrogens with zero attached hydrogens (tertiary/aromatic N) is 1. The van der Waals surface area contributed by atoms with Gasteiger partial charge in [-0.2, -0.15) is 0 Å². The zero-order valence-corrected chi connectivity index (χ0v) is 26.7. The minimum atomic E-state index is -0.915. The fourth-order valence-electron chi connectivity index (χ4n) is 4.77. The molecular weight excluding hydrogens is 514 g/mol. The number of hydrogen-bond donors (Lipinski definition) is 2. The molecule has 0 aliphatic rings. The van der Waals surface area contributed by atoms with Gasteiger partial charge in [-0.05, 0) is 57.6 Å². The molecule has 0 radical (unpaired) electrons. The molecule has 1 aromatic carbocycles. The zero-order valence-electron chi connectivity index (χ0n) is 26.7. The summed E-state index contributed by atoms with van der Waals surface area (Å²) < 4.78 is 5.49. The van der Waals surface area contributed by atoms with Crippen molar-refractivity contribution in [2.24, 2.45) is 5.92 Å². The molecule has 3 amide bonds. The first kappa shape index (κ1) is 36.0. The van der Waals surface area contributed by atoms with Crippen molar-refractivity contribution in [2.75, 3.05) is 13.1 Å². The first-order valence-electron chi connectivity index (χ1n) is 15.6. The molecule has 0 aromatic heterocycles. The summed E-state index contributed by atoms with van der Waals surface area (Å²) in [5, 5.41) is 5.87. The lowest BCUT2D eigenvalue weighted by Gasteiger charge is -2.35. The van der Waals surface area contributed by atoms with Crippen LogP contribution < -0.4 is 10.6 Å².